The fourth-order valence-electron chi connectivity index (χ4n) is 1.75. The molecule has 3 nitrogen and oxygen atoms in total. The van der Waals surface area contributed by atoms with Gasteiger partial charge in [-0.15, -0.1) is 0 Å². The number of rotatable bonds is 3. The molecule has 0 aliphatic rings. The third-order valence-electron chi connectivity index (χ3n) is 2.71. The van der Waals surface area contributed by atoms with Crippen molar-refractivity contribution in [2.45, 2.75) is 6.42 Å². The van der Waals surface area contributed by atoms with Crippen molar-refractivity contribution < 1.29 is 4.79 Å². The highest BCUT2D eigenvalue weighted by Gasteiger charge is 2.11. The largest absolute Gasteiger partial charge is 0.322 e. The quantitative estimate of drug-likeness (QED) is 0.918. The Bertz CT molecular complexity index is 693. The molecule has 0 fully saturated rings. The van der Waals surface area contributed by atoms with Gasteiger partial charge in [0.2, 0.25) is 0 Å². The van der Waals surface area contributed by atoms with Gasteiger partial charge in [-0.05, 0) is 29.8 Å². The summed E-state index contributed by atoms with van der Waals surface area (Å²) < 4.78 is 0. The fourth-order valence-corrected chi connectivity index (χ4v) is 2.05. The molecule has 2 aromatic rings. The second kappa shape index (κ2) is 6.42. The Labute approximate surface area is 126 Å². The van der Waals surface area contributed by atoms with E-state index in [-0.39, 0.29) is 12.3 Å². The molecule has 0 bridgehead atoms. The maximum Gasteiger partial charge on any atom is 0.255 e. The summed E-state index contributed by atoms with van der Waals surface area (Å²) in [5.41, 5.74) is 1.71. The van der Waals surface area contributed by atoms with Gasteiger partial charge in [0.05, 0.1) is 22.5 Å². The molecule has 100 valence electrons. The molecule has 0 saturated heterocycles. The lowest BCUT2D eigenvalue weighted by molar-refractivity contribution is 0.102. The lowest BCUT2D eigenvalue weighted by Crippen LogP contribution is -2.14. The standard InChI is InChI=1S/C15H10Cl2N2O/c16-13-6-5-11(9-14(13)17)19-15(20)12-4-2-1-3-10(12)7-8-18/h1-6,9H,7H2,(H,19,20). The first-order valence-corrected chi connectivity index (χ1v) is 6.58. The topological polar surface area (TPSA) is 52.9 Å². The van der Waals surface area contributed by atoms with Crippen LogP contribution in [0, 0.1) is 11.3 Å². The van der Waals surface area contributed by atoms with Crippen molar-refractivity contribution in [3.8, 4) is 6.07 Å². The Morgan fingerprint density at radius 1 is 1.15 bits per heavy atom. The van der Waals surface area contributed by atoms with Gasteiger partial charge in [0, 0.05) is 11.3 Å². The van der Waals surface area contributed by atoms with Gasteiger partial charge in [0.15, 0.2) is 0 Å². The zero-order chi connectivity index (χ0) is 14.5. The molecule has 0 aliphatic carbocycles. The number of hydrogen-bond acceptors (Lipinski definition) is 2. The molecule has 0 aromatic heterocycles. The smallest absolute Gasteiger partial charge is 0.255 e. The third kappa shape index (κ3) is 3.30. The average molecular weight is 305 g/mol. The van der Waals surface area contributed by atoms with E-state index in [9.17, 15) is 4.79 Å². The summed E-state index contributed by atoms with van der Waals surface area (Å²) in [6, 6.07) is 13.9. The van der Waals surface area contributed by atoms with Gasteiger partial charge in [-0.2, -0.15) is 5.26 Å². The van der Waals surface area contributed by atoms with Crippen molar-refractivity contribution in [3.05, 3.63) is 63.6 Å². The normalized spacial score (nSPS) is 9.85. The lowest BCUT2D eigenvalue weighted by Gasteiger charge is -2.09. The van der Waals surface area contributed by atoms with Crippen LogP contribution in [0.4, 0.5) is 5.69 Å². The minimum Gasteiger partial charge on any atom is -0.322 e. The van der Waals surface area contributed by atoms with Crippen molar-refractivity contribution in [1.82, 2.24) is 0 Å². The Morgan fingerprint density at radius 2 is 1.90 bits per heavy atom. The van der Waals surface area contributed by atoms with Crippen LogP contribution in [0.15, 0.2) is 42.5 Å². The molecule has 0 atom stereocenters. The van der Waals surface area contributed by atoms with Gasteiger partial charge in [-0.3, -0.25) is 4.79 Å². The molecule has 0 radical (unpaired) electrons. The number of halogens is 2. The first kappa shape index (κ1) is 14.4. The highest BCUT2D eigenvalue weighted by molar-refractivity contribution is 6.42. The molecule has 0 saturated carbocycles. The van der Waals surface area contributed by atoms with Crippen molar-refractivity contribution in [2.24, 2.45) is 0 Å². The minimum atomic E-state index is -0.283. The number of hydrogen-bond donors (Lipinski definition) is 1. The number of nitrogens with zero attached hydrogens (tertiary/aromatic N) is 1. The van der Waals surface area contributed by atoms with Crippen LogP contribution in [-0.2, 0) is 6.42 Å². The number of carbonyl (C=O) groups excluding carboxylic acids is 1. The van der Waals surface area contributed by atoms with E-state index >= 15 is 0 Å². The molecule has 0 spiro atoms. The van der Waals surface area contributed by atoms with Crippen LogP contribution in [0.5, 0.6) is 0 Å². The van der Waals surface area contributed by atoms with Crippen LogP contribution in [-0.4, -0.2) is 5.91 Å². The maximum absolute atomic E-state index is 12.2. The predicted octanol–water partition coefficient (Wildman–Crippen LogP) is 4.31. The average Bonchev–Trinajstić information content (AvgIpc) is 2.44. The number of amides is 1. The zero-order valence-corrected chi connectivity index (χ0v) is 11.9. The number of anilines is 1. The second-order valence-electron chi connectivity index (χ2n) is 4.08. The summed E-state index contributed by atoms with van der Waals surface area (Å²) in [6.07, 6.45) is 0.185. The lowest BCUT2D eigenvalue weighted by atomic mass is 10.0. The third-order valence-corrected chi connectivity index (χ3v) is 3.45. The number of carbonyl (C=O) groups is 1. The molecule has 0 heterocycles. The van der Waals surface area contributed by atoms with E-state index in [1.807, 2.05) is 6.07 Å². The summed E-state index contributed by atoms with van der Waals surface area (Å²) in [5.74, 6) is -0.283. The van der Waals surface area contributed by atoms with Crippen LogP contribution >= 0.6 is 23.2 Å². The second-order valence-corrected chi connectivity index (χ2v) is 4.89. The van der Waals surface area contributed by atoms with Gasteiger partial charge in [-0.25, -0.2) is 0 Å². The Hall–Kier alpha value is -2.02. The highest BCUT2D eigenvalue weighted by atomic mass is 35.5. The molecule has 0 aliphatic heterocycles. The summed E-state index contributed by atoms with van der Waals surface area (Å²) in [4.78, 5) is 12.2. The monoisotopic (exact) mass is 304 g/mol. The van der Waals surface area contributed by atoms with E-state index in [0.29, 0.717) is 26.9 Å². The van der Waals surface area contributed by atoms with Crippen LogP contribution in [0.1, 0.15) is 15.9 Å². The van der Waals surface area contributed by atoms with E-state index in [2.05, 4.69) is 5.32 Å². The molecule has 0 unspecified atom stereocenters. The molecule has 2 aromatic carbocycles. The highest BCUT2D eigenvalue weighted by Crippen LogP contribution is 2.25. The Balaban J connectivity index is 2.24. The Morgan fingerprint density at radius 3 is 2.60 bits per heavy atom. The van der Waals surface area contributed by atoms with Crippen molar-refractivity contribution in [2.75, 3.05) is 5.32 Å². The van der Waals surface area contributed by atoms with E-state index < -0.39 is 0 Å². The molecule has 2 rings (SSSR count). The van der Waals surface area contributed by atoms with Gasteiger partial charge in [0.1, 0.15) is 0 Å². The van der Waals surface area contributed by atoms with Crippen molar-refractivity contribution in [1.29, 1.82) is 5.26 Å². The van der Waals surface area contributed by atoms with Crippen molar-refractivity contribution in [3.63, 3.8) is 0 Å². The first-order valence-electron chi connectivity index (χ1n) is 5.83. The Kier molecular flexibility index (Phi) is 4.62. The van der Waals surface area contributed by atoms with Crippen LogP contribution in [0.2, 0.25) is 10.0 Å². The van der Waals surface area contributed by atoms with E-state index in [0.717, 1.165) is 0 Å². The summed E-state index contributed by atoms with van der Waals surface area (Å²) >= 11 is 11.7. The molecule has 1 amide bonds. The number of benzene rings is 2. The van der Waals surface area contributed by atoms with Gasteiger partial charge >= 0.3 is 0 Å². The minimum absolute atomic E-state index is 0.185. The summed E-state index contributed by atoms with van der Waals surface area (Å²) in [7, 11) is 0. The zero-order valence-electron chi connectivity index (χ0n) is 10.4. The fraction of sp³-hybridized carbons (Fsp3) is 0.0667. The number of nitrogens with one attached hydrogen (secondary N) is 1. The first-order chi connectivity index (χ1) is 9.61. The van der Waals surface area contributed by atoms with Gasteiger partial charge in [-0.1, -0.05) is 41.4 Å². The van der Waals surface area contributed by atoms with Crippen LogP contribution < -0.4 is 5.32 Å². The van der Waals surface area contributed by atoms with Gasteiger partial charge in [0.25, 0.3) is 5.91 Å². The summed E-state index contributed by atoms with van der Waals surface area (Å²) in [6.45, 7) is 0. The van der Waals surface area contributed by atoms with Crippen LogP contribution in [0.25, 0.3) is 0 Å². The van der Waals surface area contributed by atoms with E-state index in [1.54, 1.807) is 42.5 Å². The molecule has 5 heteroatoms. The van der Waals surface area contributed by atoms with Crippen molar-refractivity contribution >= 4 is 34.8 Å². The molecular weight excluding hydrogens is 295 g/mol. The predicted molar refractivity (Wildman–Crippen MR) is 80.2 cm³/mol. The summed E-state index contributed by atoms with van der Waals surface area (Å²) in [5, 5.41) is 12.3. The molecular formula is C15H10Cl2N2O. The van der Waals surface area contributed by atoms with Crippen LogP contribution in [0.3, 0.4) is 0 Å². The van der Waals surface area contributed by atoms with E-state index in [1.165, 1.54) is 0 Å². The maximum atomic E-state index is 12.2. The van der Waals surface area contributed by atoms with E-state index in [4.69, 9.17) is 28.5 Å². The molecule has 1 N–H and O–H groups in total. The van der Waals surface area contributed by atoms with Gasteiger partial charge < -0.3 is 5.32 Å². The molecule has 20 heavy (non-hydrogen) atoms. The number of nitriles is 1. The SMILES string of the molecule is N#CCc1ccccc1C(=O)Nc1ccc(Cl)c(Cl)c1.